The first-order valence-electron chi connectivity index (χ1n) is 12.4. The van der Waals surface area contributed by atoms with Crippen LogP contribution in [0, 0.1) is 0 Å². The number of carbonyl (C=O) groups is 2. The van der Waals surface area contributed by atoms with Gasteiger partial charge >= 0.3 is 0 Å². The second-order valence-corrected chi connectivity index (χ2v) is 9.16. The maximum atomic E-state index is 13.4. The van der Waals surface area contributed by atoms with Gasteiger partial charge in [-0.2, -0.15) is 0 Å². The normalized spacial score (nSPS) is 14.8. The molecule has 3 aromatic carbocycles. The van der Waals surface area contributed by atoms with Crippen LogP contribution in [0.3, 0.4) is 0 Å². The van der Waals surface area contributed by atoms with Gasteiger partial charge in [0, 0.05) is 18.0 Å². The van der Waals surface area contributed by atoms with Crippen LogP contribution in [0.5, 0.6) is 11.5 Å². The van der Waals surface area contributed by atoms with Crippen LogP contribution < -0.4 is 14.8 Å². The van der Waals surface area contributed by atoms with Gasteiger partial charge in [-0.05, 0) is 48.9 Å². The van der Waals surface area contributed by atoms with Gasteiger partial charge in [0.05, 0.1) is 7.11 Å². The molecule has 4 rings (SSSR count). The molecule has 0 aliphatic heterocycles. The Balaban J connectivity index is 1.49. The molecule has 6 heteroatoms. The first-order chi connectivity index (χ1) is 17.0. The van der Waals surface area contributed by atoms with E-state index in [0.29, 0.717) is 12.3 Å². The minimum absolute atomic E-state index is 0.121. The third kappa shape index (κ3) is 6.32. The van der Waals surface area contributed by atoms with E-state index in [4.69, 9.17) is 9.47 Å². The highest BCUT2D eigenvalue weighted by atomic mass is 16.5. The van der Waals surface area contributed by atoms with Crippen LogP contribution in [0.15, 0.2) is 66.7 Å². The summed E-state index contributed by atoms with van der Waals surface area (Å²) in [6.45, 7) is 1.95. The molecule has 3 aromatic rings. The summed E-state index contributed by atoms with van der Waals surface area (Å²) >= 11 is 0. The fourth-order valence-corrected chi connectivity index (χ4v) is 4.62. The number of carbonyl (C=O) groups excluding carboxylic acids is 2. The lowest BCUT2D eigenvalue weighted by Crippen LogP contribution is -2.51. The highest BCUT2D eigenvalue weighted by Crippen LogP contribution is 2.25. The van der Waals surface area contributed by atoms with Gasteiger partial charge < -0.3 is 19.7 Å². The molecule has 0 bridgehead atoms. The Hall–Kier alpha value is -3.54. The van der Waals surface area contributed by atoms with Crippen LogP contribution in [-0.2, 0) is 16.1 Å². The van der Waals surface area contributed by atoms with Gasteiger partial charge in [0.1, 0.15) is 17.5 Å². The fraction of sp³-hybridized carbons (Fsp3) is 0.379. The Morgan fingerprint density at radius 1 is 0.971 bits per heavy atom. The van der Waals surface area contributed by atoms with Gasteiger partial charge in [0.15, 0.2) is 6.61 Å². The van der Waals surface area contributed by atoms with Gasteiger partial charge in [-0.3, -0.25) is 9.59 Å². The van der Waals surface area contributed by atoms with Crippen molar-refractivity contribution in [1.29, 1.82) is 0 Å². The number of hydrogen-bond donors (Lipinski definition) is 1. The van der Waals surface area contributed by atoms with E-state index in [9.17, 15) is 9.59 Å². The third-order valence-corrected chi connectivity index (χ3v) is 6.73. The van der Waals surface area contributed by atoms with Crippen molar-refractivity contribution in [2.24, 2.45) is 0 Å². The number of amides is 2. The molecule has 0 unspecified atom stereocenters. The topological polar surface area (TPSA) is 67.9 Å². The second-order valence-electron chi connectivity index (χ2n) is 9.16. The van der Waals surface area contributed by atoms with Gasteiger partial charge in [-0.15, -0.1) is 0 Å². The molecule has 1 N–H and O–H groups in total. The molecule has 6 nitrogen and oxygen atoms in total. The number of fused-ring (bicyclic) bond motifs is 1. The summed E-state index contributed by atoms with van der Waals surface area (Å²) in [6.07, 6.45) is 5.47. The lowest BCUT2D eigenvalue weighted by atomic mass is 9.95. The molecule has 1 fully saturated rings. The van der Waals surface area contributed by atoms with Crippen molar-refractivity contribution in [3.8, 4) is 11.5 Å². The van der Waals surface area contributed by atoms with Crippen molar-refractivity contribution in [1.82, 2.24) is 10.2 Å². The Kier molecular flexibility index (Phi) is 8.24. The Bertz CT molecular complexity index is 1130. The van der Waals surface area contributed by atoms with Gasteiger partial charge in [-0.1, -0.05) is 67.8 Å². The van der Waals surface area contributed by atoms with Crippen molar-refractivity contribution in [2.45, 2.75) is 57.7 Å². The van der Waals surface area contributed by atoms with Gasteiger partial charge in [0.25, 0.3) is 5.91 Å². The van der Waals surface area contributed by atoms with E-state index in [-0.39, 0.29) is 24.5 Å². The Labute approximate surface area is 207 Å². The van der Waals surface area contributed by atoms with Crippen molar-refractivity contribution >= 4 is 22.6 Å². The number of ether oxygens (including phenoxy) is 2. The quantitative estimate of drug-likeness (QED) is 0.469. The lowest BCUT2D eigenvalue weighted by molar-refractivity contribution is -0.142. The molecule has 1 atom stereocenters. The molecule has 1 aliphatic carbocycles. The van der Waals surface area contributed by atoms with E-state index in [1.54, 1.807) is 18.9 Å². The molecule has 0 aromatic heterocycles. The standard InChI is InChI=1S/C29H34N2O4/c1-21(29(33)30-24-11-4-3-5-12-24)31(19-22-15-17-25(34-2)18-16-22)28(32)20-35-27-14-8-10-23-9-6-7-13-26(23)27/h6-10,13-18,21,24H,3-5,11-12,19-20H2,1-2H3,(H,30,33)/t21-/m0/s1. The van der Waals surface area contributed by atoms with Crippen LogP contribution in [0.25, 0.3) is 10.8 Å². The van der Waals surface area contributed by atoms with Crippen molar-refractivity contribution < 1.29 is 19.1 Å². The summed E-state index contributed by atoms with van der Waals surface area (Å²) in [5.41, 5.74) is 0.918. The maximum Gasteiger partial charge on any atom is 0.261 e. The molecule has 2 amide bonds. The molecule has 184 valence electrons. The summed E-state index contributed by atoms with van der Waals surface area (Å²) in [5.74, 6) is 1.04. The lowest BCUT2D eigenvalue weighted by Gasteiger charge is -2.31. The van der Waals surface area contributed by atoms with E-state index in [1.807, 2.05) is 66.7 Å². The predicted octanol–water partition coefficient (Wildman–Crippen LogP) is 5.09. The molecule has 35 heavy (non-hydrogen) atoms. The average Bonchev–Trinajstić information content (AvgIpc) is 2.90. The number of hydrogen-bond acceptors (Lipinski definition) is 4. The molecule has 1 aliphatic rings. The summed E-state index contributed by atoms with van der Waals surface area (Å²) < 4.78 is 11.2. The minimum Gasteiger partial charge on any atom is -0.497 e. The monoisotopic (exact) mass is 474 g/mol. The predicted molar refractivity (Wildman–Crippen MR) is 137 cm³/mol. The van der Waals surface area contributed by atoms with E-state index in [0.717, 1.165) is 47.8 Å². The zero-order valence-electron chi connectivity index (χ0n) is 20.5. The summed E-state index contributed by atoms with van der Waals surface area (Å²) in [4.78, 5) is 28.1. The number of rotatable bonds is 9. The van der Waals surface area contributed by atoms with Crippen molar-refractivity contribution in [3.63, 3.8) is 0 Å². The highest BCUT2D eigenvalue weighted by Gasteiger charge is 2.28. The van der Waals surface area contributed by atoms with Crippen molar-refractivity contribution in [2.75, 3.05) is 13.7 Å². The zero-order chi connectivity index (χ0) is 24.6. The van der Waals surface area contributed by atoms with E-state index in [1.165, 1.54) is 6.42 Å². The average molecular weight is 475 g/mol. The van der Waals surface area contributed by atoms with Crippen LogP contribution in [0.2, 0.25) is 0 Å². The number of methoxy groups -OCH3 is 1. The number of benzene rings is 3. The molecule has 0 saturated heterocycles. The van der Waals surface area contributed by atoms with E-state index in [2.05, 4.69) is 5.32 Å². The van der Waals surface area contributed by atoms with Crippen LogP contribution in [0.4, 0.5) is 0 Å². The zero-order valence-corrected chi connectivity index (χ0v) is 20.5. The molecular formula is C29H34N2O4. The molecule has 0 radical (unpaired) electrons. The third-order valence-electron chi connectivity index (χ3n) is 6.73. The Morgan fingerprint density at radius 2 is 1.69 bits per heavy atom. The van der Waals surface area contributed by atoms with Crippen LogP contribution in [-0.4, -0.2) is 42.5 Å². The van der Waals surface area contributed by atoms with E-state index < -0.39 is 6.04 Å². The molecule has 0 spiro atoms. The number of nitrogens with one attached hydrogen (secondary N) is 1. The summed E-state index contributed by atoms with van der Waals surface area (Å²) in [6, 6.07) is 20.8. The van der Waals surface area contributed by atoms with Crippen LogP contribution in [0.1, 0.15) is 44.6 Å². The summed E-state index contributed by atoms with van der Waals surface area (Å²) in [7, 11) is 1.62. The highest BCUT2D eigenvalue weighted by molar-refractivity contribution is 5.90. The SMILES string of the molecule is COc1ccc(CN(C(=O)COc2cccc3ccccc23)[C@@H](C)C(=O)NC2CCCCC2)cc1. The largest absolute Gasteiger partial charge is 0.497 e. The van der Waals surface area contributed by atoms with Gasteiger partial charge in [0.2, 0.25) is 5.91 Å². The van der Waals surface area contributed by atoms with Crippen molar-refractivity contribution in [3.05, 3.63) is 72.3 Å². The fourth-order valence-electron chi connectivity index (χ4n) is 4.62. The Morgan fingerprint density at radius 3 is 2.43 bits per heavy atom. The van der Waals surface area contributed by atoms with E-state index >= 15 is 0 Å². The molecular weight excluding hydrogens is 440 g/mol. The maximum absolute atomic E-state index is 13.4. The first kappa shape index (κ1) is 24.6. The van der Waals surface area contributed by atoms with Crippen LogP contribution >= 0.6 is 0 Å². The summed E-state index contributed by atoms with van der Waals surface area (Å²) in [5, 5.41) is 5.16. The second kappa shape index (κ2) is 11.7. The van der Waals surface area contributed by atoms with Gasteiger partial charge in [-0.25, -0.2) is 0 Å². The molecule has 0 heterocycles. The first-order valence-corrected chi connectivity index (χ1v) is 12.4. The minimum atomic E-state index is -0.623. The molecule has 1 saturated carbocycles. The smallest absolute Gasteiger partial charge is 0.261 e. The number of nitrogens with zero attached hydrogens (tertiary/aromatic N) is 1.